The number of benzene rings is 1. The summed E-state index contributed by atoms with van der Waals surface area (Å²) in [7, 11) is 0. The third-order valence-corrected chi connectivity index (χ3v) is 4.88. The van der Waals surface area contributed by atoms with Crippen molar-refractivity contribution in [3.63, 3.8) is 0 Å². The lowest BCUT2D eigenvalue weighted by Gasteiger charge is -2.20. The molecule has 2 N–H and O–H groups in total. The van der Waals surface area contributed by atoms with Gasteiger partial charge in [0.15, 0.2) is 5.82 Å². The first-order valence-electron chi connectivity index (χ1n) is 5.48. The fourth-order valence-corrected chi connectivity index (χ4v) is 2.54. The maximum atomic E-state index is 5.93. The van der Waals surface area contributed by atoms with E-state index in [2.05, 4.69) is 69.6 Å². The predicted octanol–water partition coefficient (Wildman–Crippen LogP) is 3.51. The van der Waals surface area contributed by atoms with Gasteiger partial charge in [-0.3, -0.25) is 0 Å². The molecule has 0 bridgehead atoms. The largest absolute Gasteiger partial charge is 0.381 e. The van der Waals surface area contributed by atoms with E-state index in [1.54, 1.807) is 0 Å². The van der Waals surface area contributed by atoms with Gasteiger partial charge in [-0.05, 0) is 56.7 Å². The Morgan fingerprint density at radius 2 is 2.00 bits per heavy atom. The van der Waals surface area contributed by atoms with E-state index in [-0.39, 0.29) is 5.41 Å². The lowest BCUT2D eigenvalue weighted by molar-refractivity contribution is 0.544. The Labute approximate surface area is 128 Å². The lowest BCUT2D eigenvalue weighted by atomic mass is 9.91. The van der Waals surface area contributed by atoms with Gasteiger partial charge in [0.25, 0.3) is 0 Å². The second-order valence-electron chi connectivity index (χ2n) is 5.08. The fraction of sp³-hybridized carbons (Fsp3) is 0.333. The van der Waals surface area contributed by atoms with Crippen LogP contribution in [-0.2, 0) is 5.41 Å². The summed E-state index contributed by atoms with van der Waals surface area (Å²) in [6.45, 7) is 6.30. The zero-order valence-corrected chi connectivity index (χ0v) is 14.2. The van der Waals surface area contributed by atoms with Crippen LogP contribution in [-0.4, -0.2) is 15.0 Å². The monoisotopic (exact) mass is 420 g/mol. The Bertz CT molecular complexity index is 586. The maximum Gasteiger partial charge on any atom is 0.170 e. The van der Waals surface area contributed by atoms with Crippen LogP contribution in [0.4, 0.5) is 5.82 Å². The van der Waals surface area contributed by atoms with Crippen molar-refractivity contribution in [2.24, 2.45) is 0 Å². The van der Waals surface area contributed by atoms with Gasteiger partial charge in [-0.25, -0.2) is 4.68 Å². The maximum absolute atomic E-state index is 5.93. The van der Waals surface area contributed by atoms with E-state index < -0.39 is 0 Å². The molecule has 0 atom stereocenters. The van der Waals surface area contributed by atoms with Crippen LogP contribution in [0.5, 0.6) is 0 Å². The number of hydrogen-bond acceptors (Lipinski definition) is 3. The van der Waals surface area contributed by atoms with E-state index >= 15 is 0 Å². The second kappa shape index (κ2) is 4.80. The van der Waals surface area contributed by atoms with Crippen LogP contribution in [0.1, 0.15) is 26.5 Å². The summed E-state index contributed by atoms with van der Waals surface area (Å²) >= 11 is 5.76. The van der Waals surface area contributed by atoms with E-state index in [0.29, 0.717) is 5.82 Å². The van der Waals surface area contributed by atoms with Crippen molar-refractivity contribution in [1.82, 2.24) is 15.0 Å². The van der Waals surface area contributed by atoms with Crippen molar-refractivity contribution in [3.05, 3.63) is 31.9 Å². The Balaban J connectivity index is 2.61. The van der Waals surface area contributed by atoms with Crippen LogP contribution in [0, 0.1) is 3.57 Å². The minimum absolute atomic E-state index is 0.105. The van der Waals surface area contributed by atoms with Crippen LogP contribution < -0.4 is 5.73 Å². The molecule has 0 unspecified atom stereocenters. The van der Waals surface area contributed by atoms with E-state index in [0.717, 1.165) is 19.4 Å². The van der Waals surface area contributed by atoms with Crippen molar-refractivity contribution < 1.29 is 0 Å². The fourth-order valence-electron chi connectivity index (χ4n) is 1.79. The number of nitrogen functional groups attached to an aromatic ring is 1. The van der Waals surface area contributed by atoms with E-state index in [1.165, 1.54) is 0 Å². The molecule has 6 heteroatoms. The van der Waals surface area contributed by atoms with Crippen molar-refractivity contribution in [2.45, 2.75) is 26.2 Å². The van der Waals surface area contributed by atoms with Crippen LogP contribution in [0.25, 0.3) is 5.69 Å². The molecule has 96 valence electrons. The van der Waals surface area contributed by atoms with Gasteiger partial charge >= 0.3 is 0 Å². The van der Waals surface area contributed by atoms with Crippen molar-refractivity contribution in [3.8, 4) is 5.69 Å². The van der Waals surface area contributed by atoms with Gasteiger partial charge < -0.3 is 5.73 Å². The highest BCUT2D eigenvalue weighted by molar-refractivity contribution is 14.1. The molecule has 0 spiro atoms. The van der Waals surface area contributed by atoms with E-state index in [1.807, 2.05) is 22.9 Å². The molecule has 0 saturated carbocycles. The Morgan fingerprint density at radius 1 is 1.33 bits per heavy atom. The standard InChI is InChI=1S/C12H14BrIN4/c1-12(2,3)10-11(15)16-17-18(10)7-4-5-8(13)9(14)6-7/h4-6H,15H2,1-3H3. The normalized spacial score (nSPS) is 11.8. The highest BCUT2D eigenvalue weighted by Crippen LogP contribution is 2.29. The Morgan fingerprint density at radius 3 is 2.56 bits per heavy atom. The van der Waals surface area contributed by atoms with Crippen LogP contribution >= 0.6 is 38.5 Å². The van der Waals surface area contributed by atoms with E-state index in [9.17, 15) is 0 Å². The predicted molar refractivity (Wildman–Crippen MR) is 84.9 cm³/mol. The summed E-state index contributed by atoms with van der Waals surface area (Å²) in [6, 6.07) is 6.05. The molecule has 0 aliphatic rings. The molecule has 1 aromatic heterocycles. The molecule has 0 radical (unpaired) electrons. The smallest absolute Gasteiger partial charge is 0.170 e. The minimum Gasteiger partial charge on any atom is -0.381 e. The first-order chi connectivity index (χ1) is 8.30. The van der Waals surface area contributed by atoms with Gasteiger partial charge in [0.05, 0.1) is 11.4 Å². The van der Waals surface area contributed by atoms with Gasteiger partial charge in [0, 0.05) is 13.5 Å². The third-order valence-electron chi connectivity index (χ3n) is 2.55. The number of halogens is 2. The SMILES string of the molecule is CC(C)(C)c1c(N)nnn1-c1ccc(Br)c(I)c1. The number of aromatic nitrogens is 3. The Hall–Kier alpha value is -0.630. The molecule has 4 nitrogen and oxygen atoms in total. The first kappa shape index (κ1) is 13.8. The van der Waals surface area contributed by atoms with Gasteiger partial charge in [-0.15, -0.1) is 5.10 Å². The van der Waals surface area contributed by atoms with Gasteiger partial charge in [0.2, 0.25) is 0 Å². The first-order valence-corrected chi connectivity index (χ1v) is 7.35. The molecule has 0 fully saturated rings. The summed E-state index contributed by atoms with van der Waals surface area (Å²) in [5.41, 5.74) is 7.72. The summed E-state index contributed by atoms with van der Waals surface area (Å²) in [5, 5.41) is 8.13. The quantitative estimate of drug-likeness (QED) is 0.718. The zero-order chi connectivity index (χ0) is 13.5. The topological polar surface area (TPSA) is 56.7 Å². The summed E-state index contributed by atoms with van der Waals surface area (Å²) < 4.78 is 4.00. The molecule has 1 aromatic carbocycles. The van der Waals surface area contributed by atoms with Crippen LogP contribution in [0.15, 0.2) is 22.7 Å². The minimum atomic E-state index is -0.105. The average molecular weight is 421 g/mol. The number of hydrogen-bond donors (Lipinski definition) is 1. The third kappa shape index (κ3) is 2.54. The molecule has 2 rings (SSSR count). The molecular formula is C12H14BrIN4. The molecule has 0 aliphatic heterocycles. The highest BCUT2D eigenvalue weighted by atomic mass is 127. The summed E-state index contributed by atoms with van der Waals surface area (Å²) in [4.78, 5) is 0. The summed E-state index contributed by atoms with van der Waals surface area (Å²) in [6.07, 6.45) is 0. The molecule has 1 heterocycles. The number of nitrogens with two attached hydrogens (primary N) is 1. The molecule has 0 amide bonds. The van der Waals surface area contributed by atoms with E-state index in [4.69, 9.17) is 5.73 Å². The number of anilines is 1. The van der Waals surface area contributed by atoms with Crippen molar-refractivity contribution in [2.75, 3.05) is 5.73 Å². The molecule has 0 saturated heterocycles. The van der Waals surface area contributed by atoms with Crippen LogP contribution in [0.2, 0.25) is 0 Å². The lowest BCUT2D eigenvalue weighted by Crippen LogP contribution is -2.19. The second-order valence-corrected chi connectivity index (χ2v) is 7.10. The number of nitrogens with zero attached hydrogens (tertiary/aromatic N) is 3. The molecule has 0 aliphatic carbocycles. The Kier molecular flexibility index (Phi) is 3.68. The highest BCUT2D eigenvalue weighted by Gasteiger charge is 2.24. The van der Waals surface area contributed by atoms with Gasteiger partial charge in [0.1, 0.15) is 0 Å². The molecule has 2 aromatic rings. The molecule has 18 heavy (non-hydrogen) atoms. The van der Waals surface area contributed by atoms with Gasteiger partial charge in [-0.1, -0.05) is 26.0 Å². The zero-order valence-electron chi connectivity index (χ0n) is 10.4. The number of rotatable bonds is 1. The summed E-state index contributed by atoms with van der Waals surface area (Å²) in [5.74, 6) is 0.487. The van der Waals surface area contributed by atoms with Crippen molar-refractivity contribution in [1.29, 1.82) is 0 Å². The average Bonchev–Trinajstić information content (AvgIpc) is 2.64. The van der Waals surface area contributed by atoms with Gasteiger partial charge in [-0.2, -0.15) is 0 Å². The van der Waals surface area contributed by atoms with Crippen molar-refractivity contribution >= 4 is 44.3 Å². The van der Waals surface area contributed by atoms with Crippen LogP contribution in [0.3, 0.4) is 0 Å². The molecular weight excluding hydrogens is 407 g/mol.